The molecule has 0 bridgehead atoms. The molecular formula is C15H10ClF4NO2. The number of benzene rings is 2. The van der Waals surface area contributed by atoms with Crippen molar-refractivity contribution in [3.05, 3.63) is 58.9 Å². The molecule has 0 saturated heterocycles. The van der Waals surface area contributed by atoms with Gasteiger partial charge in [-0.15, -0.1) is 0 Å². The number of hydrogen-bond acceptors (Lipinski definition) is 2. The first kappa shape index (κ1) is 17.1. The van der Waals surface area contributed by atoms with Crippen molar-refractivity contribution in [3.8, 4) is 5.75 Å². The fourth-order valence-corrected chi connectivity index (χ4v) is 1.83. The van der Waals surface area contributed by atoms with Crippen LogP contribution in [-0.4, -0.2) is 12.5 Å². The van der Waals surface area contributed by atoms with Gasteiger partial charge in [-0.3, -0.25) is 4.79 Å². The summed E-state index contributed by atoms with van der Waals surface area (Å²) in [5.41, 5.74) is -1.11. The number of rotatable bonds is 4. The van der Waals surface area contributed by atoms with Crippen molar-refractivity contribution >= 4 is 23.2 Å². The zero-order valence-corrected chi connectivity index (χ0v) is 12.2. The van der Waals surface area contributed by atoms with E-state index in [9.17, 15) is 22.4 Å². The molecule has 0 radical (unpaired) electrons. The zero-order chi connectivity index (χ0) is 17.0. The lowest BCUT2D eigenvalue weighted by Crippen LogP contribution is -2.20. The van der Waals surface area contributed by atoms with Gasteiger partial charge in [0.1, 0.15) is 11.6 Å². The van der Waals surface area contributed by atoms with E-state index in [2.05, 4.69) is 5.32 Å². The number of hydrogen-bond donors (Lipinski definition) is 1. The quantitative estimate of drug-likeness (QED) is 0.826. The van der Waals surface area contributed by atoms with Gasteiger partial charge in [-0.25, -0.2) is 4.39 Å². The molecule has 2 aromatic carbocycles. The van der Waals surface area contributed by atoms with Crippen molar-refractivity contribution in [2.24, 2.45) is 0 Å². The maximum Gasteiger partial charge on any atom is 0.416 e. The molecule has 2 aromatic rings. The number of carbonyl (C=O) groups excluding carboxylic acids is 1. The van der Waals surface area contributed by atoms with E-state index >= 15 is 0 Å². The minimum absolute atomic E-state index is 0.0341. The van der Waals surface area contributed by atoms with Crippen LogP contribution >= 0.6 is 11.6 Å². The summed E-state index contributed by atoms with van der Waals surface area (Å²) in [7, 11) is 0. The summed E-state index contributed by atoms with van der Waals surface area (Å²) in [6.07, 6.45) is -4.55. The van der Waals surface area contributed by atoms with Gasteiger partial charge in [0.15, 0.2) is 6.61 Å². The molecule has 0 aliphatic heterocycles. The Morgan fingerprint density at radius 1 is 1.13 bits per heavy atom. The van der Waals surface area contributed by atoms with Gasteiger partial charge >= 0.3 is 6.18 Å². The molecule has 122 valence electrons. The minimum atomic E-state index is -4.55. The third-order valence-corrected chi connectivity index (χ3v) is 3.08. The Kier molecular flexibility index (Phi) is 5.10. The number of anilines is 1. The maximum atomic E-state index is 12.7. The van der Waals surface area contributed by atoms with E-state index in [1.165, 1.54) is 12.1 Å². The number of amides is 1. The molecule has 0 heterocycles. The van der Waals surface area contributed by atoms with E-state index < -0.39 is 30.1 Å². The van der Waals surface area contributed by atoms with Crippen molar-refractivity contribution in [1.29, 1.82) is 0 Å². The summed E-state index contributed by atoms with van der Waals surface area (Å²) in [6.45, 7) is -0.460. The van der Waals surface area contributed by atoms with Gasteiger partial charge in [-0.2, -0.15) is 13.2 Å². The predicted molar refractivity (Wildman–Crippen MR) is 77.0 cm³/mol. The van der Waals surface area contributed by atoms with Gasteiger partial charge < -0.3 is 10.1 Å². The summed E-state index contributed by atoms with van der Waals surface area (Å²) in [5, 5.41) is 2.20. The maximum absolute atomic E-state index is 12.7. The van der Waals surface area contributed by atoms with Crippen LogP contribution in [0.4, 0.5) is 23.2 Å². The Hall–Kier alpha value is -2.28. The Bertz CT molecular complexity index is 702. The Balaban J connectivity index is 2.01. The summed E-state index contributed by atoms with van der Waals surface area (Å²) in [6, 6.07) is 7.53. The molecule has 0 unspecified atom stereocenters. The van der Waals surface area contributed by atoms with Crippen LogP contribution in [0, 0.1) is 5.82 Å². The van der Waals surface area contributed by atoms with Crippen LogP contribution in [0.25, 0.3) is 0 Å². The molecule has 1 amide bonds. The summed E-state index contributed by atoms with van der Waals surface area (Å²) >= 11 is 5.76. The second-order valence-corrected chi connectivity index (χ2v) is 4.89. The highest BCUT2D eigenvalue weighted by molar-refractivity contribution is 6.33. The summed E-state index contributed by atoms with van der Waals surface area (Å²) in [4.78, 5) is 11.7. The Morgan fingerprint density at radius 2 is 1.78 bits per heavy atom. The van der Waals surface area contributed by atoms with E-state index in [1.54, 1.807) is 0 Å². The first-order chi connectivity index (χ1) is 10.8. The lowest BCUT2D eigenvalue weighted by Gasteiger charge is -2.12. The van der Waals surface area contributed by atoms with E-state index in [0.29, 0.717) is 0 Å². The third-order valence-electron chi connectivity index (χ3n) is 2.75. The number of carbonyl (C=O) groups is 1. The van der Waals surface area contributed by atoms with Gasteiger partial charge in [0, 0.05) is 0 Å². The molecule has 8 heteroatoms. The van der Waals surface area contributed by atoms with Crippen LogP contribution in [0.2, 0.25) is 5.02 Å². The minimum Gasteiger partial charge on any atom is -0.484 e. The van der Waals surface area contributed by atoms with Gasteiger partial charge in [0.25, 0.3) is 5.91 Å². The molecule has 2 rings (SSSR count). The largest absolute Gasteiger partial charge is 0.484 e. The monoisotopic (exact) mass is 347 g/mol. The van der Waals surface area contributed by atoms with Crippen molar-refractivity contribution in [3.63, 3.8) is 0 Å². The van der Waals surface area contributed by atoms with Crippen molar-refractivity contribution < 1.29 is 27.1 Å². The standard InChI is InChI=1S/C15H10ClF4NO2/c16-12-6-1-9(15(18,19)20)7-13(12)21-14(22)8-23-11-4-2-10(17)3-5-11/h1-7H,8H2,(H,21,22). The van der Waals surface area contributed by atoms with Gasteiger partial charge in [-0.05, 0) is 42.5 Å². The van der Waals surface area contributed by atoms with Gasteiger partial charge in [0.2, 0.25) is 0 Å². The highest BCUT2D eigenvalue weighted by Crippen LogP contribution is 2.33. The average Bonchev–Trinajstić information content (AvgIpc) is 2.48. The number of halogens is 5. The number of ether oxygens (including phenoxy) is 1. The summed E-state index contributed by atoms with van der Waals surface area (Å²) in [5.74, 6) is -0.912. The molecule has 0 saturated carbocycles. The van der Waals surface area contributed by atoms with Crippen LogP contribution < -0.4 is 10.1 Å². The topological polar surface area (TPSA) is 38.3 Å². The number of alkyl halides is 3. The van der Waals surface area contributed by atoms with E-state index in [0.717, 1.165) is 30.3 Å². The van der Waals surface area contributed by atoms with Gasteiger partial charge in [0.05, 0.1) is 16.3 Å². The molecule has 0 aromatic heterocycles. The van der Waals surface area contributed by atoms with E-state index in [4.69, 9.17) is 16.3 Å². The molecule has 0 atom stereocenters. The first-order valence-electron chi connectivity index (χ1n) is 6.30. The van der Waals surface area contributed by atoms with Gasteiger partial charge in [-0.1, -0.05) is 11.6 Å². The smallest absolute Gasteiger partial charge is 0.416 e. The highest BCUT2D eigenvalue weighted by atomic mass is 35.5. The van der Waals surface area contributed by atoms with E-state index in [-0.39, 0.29) is 16.5 Å². The first-order valence-corrected chi connectivity index (χ1v) is 6.68. The third kappa shape index (κ3) is 4.85. The highest BCUT2D eigenvalue weighted by Gasteiger charge is 2.31. The average molecular weight is 348 g/mol. The van der Waals surface area contributed by atoms with Crippen LogP contribution in [-0.2, 0) is 11.0 Å². The van der Waals surface area contributed by atoms with Crippen molar-refractivity contribution in [2.75, 3.05) is 11.9 Å². The SMILES string of the molecule is O=C(COc1ccc(F)cc1)Nc1cc(C(F)(F)F)ccc1Cl. The van der Waals surface area contributed by atoms with E-state index in [1.807, 2.05) is 0 Å². The second-order valence-electron chi connectivity index (χ2n) is 4.48. The Morgan fingerprint density at radius 3 is 2.39 bits per heavy atom. The second kappa shape index (κ2) is 6.87. The van der Waals surface area contributed by atoms with Crippen molar-refractivity contribution in [1.82, 2.24) is 0 Å². The van der Waals surface area contributed by atoms with Crippen LogP contribution in [0.1, 0.15) is 5.56 Å². The molecule has 0 spiro atoms. The lowest BCUT2D eigenvalue weighted by molar-refractivity contribution is -0.137. The number of nitrogens with one attached hydrogen (secondary N) is 1. The normalized spacial score (nSPS) is 11.2. The fraction of sp³-hybridized carbons (Fsp3) is 0.133. The van der Waals surface area contributed by atoms with Crippen molar-refractivity contribution in [2.45, 2.75) is 6.18 Å². The van der Waals surface area contributed by atoms with Crippen LogP contribution in [0.3, 0.4) is 0 Å². The molecule has 0 aliphatic carbocycles. The predicted octanol–water partition coefficient (Wildman–Crippen LogP) is 4.52. The fourth-order valence-electron chi connectivity index (χ4n) is 1.66. The molecule has 0 aliphatic rings. The lowest BCUT2D eigenvalue weighted by atomic mass is 10.2. The summed E-state index contributed by atoms with van der Waals surface area (Å²) < 4.78 is 55.7. The molecule has 0 fully saturated rings. The van der Waals surface area contributed by atoms with Crippen LogP contribution in [0.5, 0.6) is 5.75 Å². The molecule has 3 nitrogen and oxygen atoms in total. The van der Waals surface area contributed by atoms with Crippen LogP contribution in [0.15, 0.2) is 42.5 Å². The Labute approximate surface area is 133 Å². The molecular weight excluding hydrogens is 338 g/mol. The molecule has 23 heavy (non-hydrogen) atoms. The zero-order valence-electron chi connectivity index (χ0n) is 11.5. The molecule has 1 N–H and O–H groups in total.